The molecule has 0 aromatic heterocycles. The summed E-state index contributed by atoms with van der Waals surface area (Å²) in [5.41, 5.74) is 2.53. The lowest BCUT2D eigenvalue weighted by Gasteiger charge is -2.26. The number of esters is 1. The number of Topliss-reactive ketones (excluding diaryl/α,β-unsaturated/α-hetero) is 1. The summed E-state index contributed by atoms with van der Waals surface area (Å²) in [7, 11) is 0. The molecule has 4 rings (SSSR count). The van der Waals surface area contributed by atoms with E-state index >= 15 is 0 Å². The molecule has 0 bridgehead atoms. The van der Waals surface area contributed by atoms with Crippen molar-refractivity contribution < 1.29 is 29.0 Å². The highest BCUT2D eigenvalue weighted by molar-refractivity contribution is 6.51. The van der Waals surface area contributed by atoms with E-state index in [1.165, 1.54) is 11.0 Å². The molecule has 0 saturated carbocycles. The number of nitrogens with zero attached hydrogens (tertiary/aromatic N) is 1. The van der Waals surface area contributed by atoms with Crippen molar-refractivity contribution in [3.63, 3.8) is 0 Å². The molecule has 1 fully saturated rings. The third-order valence-electron chi connectivity index (χ3n) is 6.18. The van der Waals surface area contributed by atoms with Crippen LogP contribution in [0.25, 0.3) is 5.76 Å². The van der Waals surface area contributed by atoms with Gasteiger partial charge in [0.15, 0.2) is 0 Å². The molecule has 0 spiro atoms. The summed E-state index contributed by atoms with van der Waals surface area (Å²) in [6.07, 6.45) is 1.50. The highest BCUT2D eigenvalue weighted by Gasteiger charge is 2.47. The van der Waals surface area contributed by atoms with Crippen LogP contribution in [0.2, 0.25) is 0 Å². The summed E-state index contributed by atoms with van der Waals surface area (Å²) in [5, 5.41) is 11.4. The Morgan fingerprint density at radius 3 is 2.34 bits per heavy atom. The molecule has 1 aliphatic rings. The highest BCUT2D eigenvalue weighted by Crippen LogP contribution is 2.42. The average Bonchev–Trinajstić information content (AvgIpc) is 3.20. The van der Waals surface area contributed by atoms with Crippen LogP contribution in [-0.2, 0) is 14.3 Å². The molecular formula is C31H31NO6. The van der Waals surface area contributed by atoms with Gasteiger partial charge in [0, 0.05) is 11.3 Å². The van der Waals surface area contributed by atoms with Gasteiger partial charge in [0.1, 0.15) is 11.5 Å². The average molecular weight is 514 g/mol. The van der Waals surface area contributed by atoms with Crippen LogP contribution in [0.15, 0.2) is 78.4 Å². The number of rotatable bonds is 9. The topological polar surface area (TPSA) is 93.1 Å². The Morgan fingerprint density at radius 1 is 0.895 bits per heavy atom. The molecule has 0 aliphatic carbocycles. The molecule has 1 aliphatic heterocycles. The summed E-state index contributed by atoms with van der Waals surface area (Å²) >= 11 is 0. The molecular weight excluding hydrogens is 482 g/mol. The molecule has 1 unspecified atom stereocenters. The standard InChI is InChI=1S/C31H31NO6/c1-4-15-37-25-14-8-11-22(19-25)28(33)26-27(21-10-6-9-20(3)17-21)32(30(35)29(26)34)24-13-7-12-23(18-24)31(36)38-16-5-2/h6-14,17-19,27,33H,4-5,15-16H2,1-3H3/b28-26+. The fourth-order valence-corrected chi connectivity index (χ4v) is 4.42. The van der Waals surface area contributed by atoms with Crippen LogP contribution in [0.3, 0.4) is 0 Å². The van der Waals surface area contributed by atoms with Gasteiger partial charge in [0.25, 0.3) is 11.7 Å². The summed E-state index contributed by atoms with van der Waals surface area (Å²) in [6.45, 7) is 6.59. The van der Waals surface area contributed by atoms with Gasteiger partial charge in [-0.3, -0.25) is 14.5 Å². The van der Waals surface area contributed by atoms with Crippen molar-refractivity contribution in [2.24, 2.45) is 0 Å². The van der Waals surface area contributed by atoms with E-state index in [0.717, 1.165) is 12.0 Å². The predicted octanol–water partition coefficient (Wildman–Crippen LogP) is 5.98. The fraction of sp³-hybridized carbons (Fsp3) is 0.258. The number of hydrogen-bond donors (Lipinski definition) is 1. The zero-order valence-electron chi connectivity index (χ0n) is 21.8. The number of aliphatic hydroxyl groups is 1. The molecule has 3 aromatic carbocycles. The third-order valence-corrected chi connectivity index (χ3v) is 6.18. The second-order valence-corrected chi connectivity index (χ2v) is 9.15. The maximum Gasteiger partial charge on any atom is 0.338 e. The van der Waals surface area contributed by atoms with E-state index in [1.54, 1.807) is 42.5 Å². The van der Waals surface area contributed by atoms with Gasteiger partial charge in [-0.1, -0.05) is 61.9 Å². The van der Waals surface area contributed by atoms with Crippen molar-refractivity contribution >= 4 is 29.1 Å². The maximum absolute atomic E-state index is 13.5. The van der Waals surface area contributed by atoms with E-state index in [0.29, 0.717) is 35.6 Å². The molecule has 1 saturated heterocycles. The van der Waals surface area contributed by atoms with Crippen LogP contribution in [0.1, 0.15) is 59.8 Å². The quantitative estimate of drug-likeness (QED) is 0.164. The van der Waals surface area contributed by atoms with Crippen molar-refractivity contribution in [2.75, 3.05) is 18.1 Å². The Labute approximate surface area is 222 Å². The zero-order valence-corrected chi connectivity index (χ0v) is 21.8. The zero-order chi connectivity index (χ0) is 27.2. The number of benzene rings is 3. The summed E-state index contributed by atoms with van der Waals surface area (Å²) in [4.78, 5) is 40.8. The Morgan fingerprint density at radius 2 is 1.61 bits per heavy atom. The number of hydrogen-bond acceptors (Lipinski definition) is 6. The predicted molar refractivity (Wildman–Crippen MR) is 145 cm³/mol. The Kier molecular flexibility index (Phi) is 8.26. The Balaban J connectivity index is 1.85. The van der Waals surface area contributed by atoms with E-state index in [1.807, 2.05) is 45.0 Å². The van der Waals surface area contributed by atoms with Gasteiger partial charge in [-0.2, -0.15) is 0 Å². The largest absolute Gasteiger partial charge is 0.507 e. The number of aryl methyl sites for hydroxylation is 1. The summed E-state index contributed by atoms with van der Waals surface area (Å²) < 4.78 is 11.0. The van der Waals surface area contributed by atoms with Gasteiger partial charge in [0.05, 0.1) is 30.4 Å². The highest BCUT2D eigenvalue weighted by atomic mass is 16.5. The Bertz CT molecular complexity index is 1390. The van der Waals surface area contributed by atoms with Gasteiger partial charge in [-0.25, -0.2) is 4.79 Å². The first kappa shape index (κ1) is 26.7. The van der Waals surface area contributed by atoms with E-state index < -0.39 is 23.7 Å². The van der Waals surface area contributed by atoms with Crippen LogP contribution in [0, 0.1) is 6.92 Å². The van der Waals surface area contributed by atoms with Crippen LogP contribution in [-0.4, -0.2) is 36.0 Å². The molecule has 7 heteroatoms. The third kappa shape index (κ3) is 5.47. The minimum absolute atomic E-state index is 0.0350. The maximum atomic E-state index is 13.5. The van der Waals surface area contributed by atoms with E-state index in [4.69, 9.17) is 9.47 Å². The van der Waals surface area contributed by atoms with E-state index in [2.05, 4.69) is 0 Å². The minimum Gasteiger partial charge on any atom is -0.507 e. The van der Waals surface area contributed by atoms with Crippen molar-refractivity contribution in [3.8, 4) is 5.75 Å². The second kappa shape index (κ2) is 11.8. The summed E-state index contributed by atoms with van der Waals surface area (Å²) in [6, 6.07) is 19.8. The second-order valence-electron chi connectivity index (χ2n) is 9.15. The van der Waals surface area contributed by atoms with Gasteiger partial charge in [-0.05, 0) is 55.7 Å². The number of amides is 1. The Hall–Kier alpha value is -4.39. The van der Waals surface area contributed by atoms with Crippen molar-refractivity contribution in [2.45, 2.75) is 39.7 Å². The van der Waals surface area contributed by atoms with Crippen molar-refractivity contribution in [3.05, 3.63) is 101 Å². The lowest BCUT2D eigenvalue weighted by molar-refractivity contribution is -0.132. The van der Waals surface area contributed by atoms with Crippen molar-refractivity contribution in [1.29, 1.82) is 0 Å². The molecule has 1 heterocycles. The number of carbonyl (C=O) groups excluding carboxylic acids is 3. The fourth-order valence-electron chi connectivity index (χ4n) is 4.42. The molecule has 196 valence electrons. The first-order chi connectivity index (χ1) is 18.3. The lowest BCUT2D eigenvalue weighted by Crippen LogP contribution is -2.29. The van der Waals surface area contributed by atoms with Crippen LogP contribution >= 0.6 is 0 Å². The first-order valence-electron chi connectivity index (χ1n) is 12.7. The summed E-state index contributed by atoms with van der Waals surface area (Å²) in [5.74, 6) is -1.86. The van der Waals surface area contributed by atoms with Gasteiger partial charge < -0.3 is 14.6 Å². The van der Waals surface area contributed by atoms with Crippen molar-refractivity contribution in [1.82, 2.24) is 0 Å². The molecule has 38 heavy (non-hydrogen) atoms. The van der Waals surface area contributed by atoms with Crippen LogP contribution < -0.4 is 9.64 Å². The lowest BCUT2D eigenvalue weighted by atomic mass is 9.94. The number of ether oxygens (including phenoxy) is 2. The molecule has 3 aromatic rings. The first-order valence-corrected chi connectivity index (χ1v) is 12.7. The van der Waals surface area contributed by atoms with Crippen LogP contribution in [0.4, 0.5) is 5.69 Å². The SMILES string of the molecule is CCCOC(=O)c1cccc(N2C(=O)C(=O)/C(=C(/O)c3cccc(OCCC)c3)C2c2cccc(C)c2)c1. The number of anilines is 1. The molecule has 1 amide bonds. The molecule has 0 radical (unpaired) electrons. The van der Waals surface area contributed by atoms with Gasteiger partial charge in [-0.15, -0.1) is 0 Å². The number of carbonyl (C=O) groups is 3. The minimum atomic E-state index is -0.906. The van der Waals surface area contributed by atoms with E-state index in [9.17, 15) is 19.5 Å². The number of ketones is 1. The normalized spacial score (nSPS) is 16.5. The molecule has 7 nitrogen and oxygen atoms in total. The van der Waals surface area contributed by atoms with Gasteiger partial charge in [0.2, 0.25) is 0 Å². The molecule has 1 atom stereocenters. The van der Waals surface area contributed by atoms with Gasteiger partial charge >= 0.3 is 5.97 Å². The van der Waals surface area contributed by atoms with E-state index in [-0.39, 0.29) is 23.5 Å². The molecule has 1 N–H and O–H groups in total. The number of aliphatic hydroxyl groups excluding tert-OH is 1. The smallest absolute Gasteiger partial charge is 0.338 e. The monoisotopic (exact) mass is 513 g/mol. The van der Waals surface area contributed by atoms with Crippen LogP contribution in [0.5, 0.6) is 5.75 Å².